The third kappa shape index (κ3) is 3.07. The molecule has 0 amide bonds. The van der Waals surface area contributed by atoms with Crippen molar-refractivity contribution in [1.82, 2.24) is 9.97 Å². The molecule has 0 fully saturated rings. The number of benzene rings is 1. The van der Waals surface area contributed by atoms with E-state index in [0.717, 1.165) is 47.2 Å². The molecule has 106 valence electrons. The summed E-state index contributed by atoms with van der Waals surface area (Å²) >= 11 is 0. The number of anilines is 1. The summed E-state index contributed by atoms with van der Waals surface area (Å²) in [6, 6.07) is 7.95. The number of hydrogen-bond donors (Lipinski definition) is 1. The van der Waals surface area contributed by atoms with Crippen molar-refractivity contribution in [2.45, 2.75) is 27.2 Å². The minimum absolute atomic E-state index is 0.770. The second-order valence-electron chi connectivity index (χ2n) is 4.75. The van der Waals surface area contributed by atoms with Gasteiger partial charge >= 0.3 is 0 Å². The summed E-state index contributed by atoms with van der Waals surface area (Å²) in [5.41, 5.74) is 3.07. The van der Waals surface area contributed by atoms with Crippen LogP contribution in [0.25, 0.3) is 11.3 Å². The molecular formula is C16H21N3O. The first-order chi connectivity index (χ1) is 9.65. The van der Waals surface area contributed by atoms with Gasteiger partial charge in [-0.15, -0.1) is 0 Å². The summed E-state index contributed by atoms with van der Waals surface area (Å²) < 4.78 is 5.28. The van der Waals surface area contributed by atoms with Gasteiger partial charge in [0.05, 0.1) is 12.8 Å². The van der Waals surface area contributed by atoms with E-state index in [1.54, 1.807) is 7.11 Å². The second kappa shape index (κ2) is 6.37. The molecule has 1 aromatic carbocycles. The van der Waals surface area contributed by atoms with Crippen molar-refractivity contribution in [2.75, 3.05) is 19.0 Å². The highest BCUT2D eigenvalue weighted by atomic mass is 16.5. The zero-order chi connectivity index (χ0) is 14.5. The highest BCUT2D eigenvalue weighted by molar-refractivity contribution is 5.69. The quantitative estimate of drug-likeness (QED) is 0.902. The molecule has 0 unspecified atom stereocenters. The lowest BCUT2D eigenvalue weighted by molar-refractivity contribution is 0.415. The molecule has 1 heterocycles. The number of aromatic nitrogens is 2. The second-order valence-corrected chi connectivity index (χ2v) is 4.75. The van der Waals surface area contributed by atoms with Gasteiger partial charge in [-0.3, -0.25) is 0 Å². The van der Waals surface area contributed by atoms with Crippen LogP contribution in [0.1, 0.15) is 24.7 Å². The fraction of sp³-hybridized carbons (Fsp3) is 0.375. The van der Waals surface area contributed by atoms with Crippen LogP contribution in [0.5, 0.6) is 5.75 Å². The van der Waals surface area contributed by atoms with Crippen molar-refractivity contribution < 1.29 is 4.74 Å². The summed E-state index contributed by atoms with van der Waals surface area (Å²) in [7, 11) is 1.67. The topological polar surface area (TPSA) is 47.0 Å². The lowest BCUT2D eigenvalue weighted by Gasteiger charge is -2.13. The maximum absolute atomic E-state index is 5.28. The van der Waals surface area contributed by atoms with Crippen LogP contribution in [-0.4, -0.2) is 23.6 Å². The van der Waals surface area contributed by atoms with Gasteiger partial charge in [0.25, 0.3) is 0 Å². The van der Waals surface area contributed by atoms with Crippen LogP contribution in [0.2, 0.25) is 0 Å². The van der Waals surface area contributed by atoms with E-state index >= 15 is 0 Å². The van der Waals surface area contributed by atoms with Crippen LogP contribution in [-0.2, 0) is 0 Å². The Morgan fingerprint density at radius 2 is 2.00 bits per heavy atom. The van der Waals surface area contributed by atoms with E-state index < -0.39 is 0 Å². The Labute approximate surface area is 120 Å². The van der Waals surface area contributed by atoms with Gasteiger partial charge in [-0.2, -0.15) is 0 Å². The molecule has 20 heavy (non-hydrogen) atoms. The Balaban J connectivity index is 2.47. The maximum Gasteiger partial charge on any atom is 0.133 e. The molecule has 0 aliphatic heterocycles. The van der Waals surface area contributed by atoms with E-state index in [-0.39, 0.29) is 0 Å². The van der Waals surface area contributed by atoms with Crippen molar-refractivity contribution >= 4 is 5.82 Å². The average molecular weight is 271 g/mol. The summed E-state index contributed by atoms with van der Waals surface area (Å²) in [4.78, 5) is 9.07. The van der Waals surface area contributed by atoms with Gasteiger partial charge in [0.15, 0.2) is 0 Å². The molecule has 0 atom stereocenters. The van der Waals surface area contributed by atoms with Crippen LogP contribution < -0.4 is 10.1 Å². The Hall–Kier alpha value is -2.10. The Bertz CT molecular complexity index is 596. The molecular weight excluding hydrogens is 250 g/mol. The van der Waals surface area contributed by atoms with E-state index in [2.05, 4.69) is 22.2 Å². The van der Waals surface area contributed by atoms with Crippen LogP contribution in [0.4, 0.5) is 5.82 Å². The number of ether oxygens (including phenoxy) is 1. The van der Waals surface area contributed by atoms with Gasteiger partial charge in [0.2, 0.25) is 0 Å². The highest BCUT2D eigenvalue weighted by Crippen LogP contribution is 2.28. The fourth-order valence-corrected chi connectivity index (χ4v) is 2.10. The number of methoxy groups -OCH3 is 1. The molecule has 0 aliphatic carbocycles. The smallest absolute Gasteiger partial charge is 0.133 e. The number of nitrogens with zero attached hydrogens (tertiary/aromatic N) is 2. The molecule has 1 aromatic heterocycles. The molecule has 4 nitrogen and oxygen atoms in total. The van der Waals surface area contributed by atoms with Gasteiger partial charge in [0.1, 0.15) is 17.4 Å². The van der Waals surface area contributed by atoms with E-state index in [9.17, 15) is 0 Å². The zero-order valence-electron chi connectivity index (χ0n) is 12.5. The van der Waals surface area contributed by atoms with E-state index in [0.29, 0.717) is 0 Å². The van der Waals surface area contributed by atoms with Crippen LogP contribution in [0.3, 0.4) is 0 Å². The molecule has 2 rings (SSSR count). The number of aryl methyl sites for hydroxylation is 1. The first kappa shape index (κ1) is 14.3. The molecule has 0 bridgehead atoms. The van der Waals surface area contributed by atoms with Gasteiger partial charge in [-0.25, -0.2) is 9.97 Å². The maximum atomic E-state index is 5.28. The summed E-state index contributed by atoms with van der Waals surface area (Å²) in [5, 5.41) is 3.36. The number of nitrogens with one attached hydrogen (secondary N) is 1. The predicted molar refractivity (Wildman–Crippen MR) is 82.3 cm³/mol. The minimum Gasteiger partial charge on any atom is -0.497 e. The SMILES string of the molecule is CCCNc1nc(C)nc(-c2cccc(OC)c2)c1C. The Kier molecular flexibility index (Phi) is 4.56. The van der Waals surface area contributed by atoms with E-state index in [1.807, 2.05) is 38.1 Å². The molecule has 2 aromatic rings. The number of rotatable bonds is 5. The molecule has 1 N–H and O–H groups in total. The lowest BCUT2D eigenvalue weighted by atomic mass is 10.1. The number of hydrogen-bond acceptors (Lipinski definition) is 4. The average Bonchev–Trinajstić information content (AvgIpc) is 2.47. The van der Waals surface area contributed by atoms with E-state index in [1.165, 1.54) is 0 Å². The first-order valence-electron chi connectivity index (χ1n) is 6.89. The summed E-state index contributed by atoms with van der Waals surface area (Å²) in [6.45, 7) is 7.01. The molecule has 0 radical (unpaired) electrons. The third-order valence-corrected chi connectivity index (χ3v) is 3.14. The summed E-state index contributed by atoms with van der Waals surface area (Å²) in [6.07, 6.45) is 1.07. The largest absolute Gasteiger partial charge is 0.497 e. The van der Waals surface area contributed by atoms with Gasteiger partial charge in [0, 0.05) is 17.7 Å². The Morgan fingerprint density at radius 3 is 2.70 bits per heavy atom. The lowest BCUT2D eigenvalue weighted by Crippen LogP contribution is -2.07. The van der Waals surface area contributed by atoms with Gasteiger partial charge in [-0.05, 0) is 32.4 Å². The minimum atomic E-state index is 0.770. The summed E-state index contributed by atoms with van der Waals surface area (Å²) in [5.74, 6) is 2.52. The predicted octanol–water partition coefficient (Wildman–Crippen LogP) is 3.59. The first-order valence-corrected chi connectivity index (χ1v) is 6.89. The van der Waals surface area contributed by atoms with Crippen LogP contribution in [0, 0.1) is 13.8 Å². The van der Waals surface area contributed by atoms with Crippen LogP contribution in [0.15, 0.2) is 24.3 Å². The van der Waals surface area contributed by atoms with E-state index in [4.69, 9.17) is 4.74 Å². The standard InChI is InChI=1S/C16H21N3O/c1-5-9-17-16-11(2)15(18-12(3)19-16)13-7-6-8-14(10-13)20-4/h6-8,10H,5,9H2,1-4H3,(H,17,18,19). The van der Waals surface area contributed by atoms with Crippen LogP contribution >= 0.6 is 0 Å². The fourth-order valence-electron chi connectivity index (χ4n) is 2.10. The van der Waals surface area contributed by atoms with Crippen molar-refractivity contribution in [3.8, 4) is 17.0 Å². The third-order valence-electron chi connectivity index (χ3n) is 3.14. The molecule has 0 aliphatic rings. The van der Waals surface area contributed by atoms with Crippen molar-refractivity contribution in [1.29, 1.82) is 0 Å². The molecule has 0 saturated carbocycles. The zero-order valence-corrected chi connectivity index (χ0v) is 12.5. The van der Waals surface area contributed by atoms with Gasteiger partial charge < -0.3 is 10.1 Å². The van der Waals surface area contributed by atoms with Gasteiger partial charge in [-0.1, -0.05) is 19.1 Å². The van der Waals surface area contributed by atoms with Crippen molar-refractivity contribution in [2.24, 2.45) is 0 Å². The highest BCUT2D eigenvalue weighted by Gasteiger charge is 2.11. The molecule has 4 heteroatoms. The van der Waals surface area contributed by atoms with Crippen molar-refractivity contribution in [3.63, 3.8) is 0 Å². The monoisotopic (exact) mass is 271 g/mol. The Morgan fingerprint density at radius 1 is 1.20 bits per heavy atom. The normalized spacial score (nSPS) is 10.4. The van der Waals surface area contributed by atoms with Crippen molar-refractivity contribution in [3.05, 3.63) is 35.7 Å². The molecule has 0 spiro atoms. The molecule has 0 saturated heterocycles.